The number of nitrogens with zero attached hydrogens (tertiary/aromatic N) is 7. The standard InChI is InChI=1S/C30H38N10O5S/c1-9-26(42)34-21-14-22(25(45-7)15-23(21)39(5)17-18(2)38(3)4)36-30-33-16-24(41)29(37-30)35-20-11-10-19-27(32-13-12-31-19)28(20)40(6)46(8,43)44/h9-16,18,41H,1,17H2,2-8H3,(H,34,42)(H2,33,35,36,37). The number of benzene rings is 2. The van der Waals surface area contributed by atoms with Crippen LogP contribution >= 0.6 is 0 Å². The summed E-state index contributed by atoms with van der Waals surface area (Å²) in [4.78, 5) is 33.7. The molecule has 2 heterocycles. The molecule has 0 aliphatic heterocycles. The van der Waals surface area contributed by atoms with Crippen LogP contribution in [0.25, 0.3) is 11.0 Å². The first-order chi connectivity index (χ1) is 21.7. The van der Waals surface area contributed by atoms with Crippen LogP contribution < -0.4 is 29.9 Å². The Labute approximate surface area is 268 Å². The van der Waals surface area contributed by atoms with E-state index in [1.54, 1.807) is 24.3 Å². The topological polar surface area (TPSA) is 178 Å². The van der Waals surface area contributed by atoms with Crippen LogP contribution in [-0.2, 0) is 14.8 Å². The van der Waals surface area contributed by atoms with Gasteiger partial charge in [-0.25, -0.2) is 13.4 Å². The maximum atomic E-state index is 12.5. The molecular weight excluding hydrogens is 612 g/mol. The number of likely N-dealkylation sites (N-methyl/N-ethyl adjacent to an activating group) is 2. The average Bonchev–Trinajstić information content (AvgIpc) is 3.01. The van der Waals surface area contributed by atoms with Crippen LogP contribution in [0.15, 0.2) is 55.5 Å². The third-order valence-electron chi connectivity index (χ3n) is 7.29. The van der Waals surface area contributed by atoms with E-state index in [4.69, 9.17) is 4.74 Å². The lowest BCUT2D eigenvalue weighted by molar-refractivity contribution is -0.111. The molecule has 0 spiro atoms. The summed E-state index contributed by atoms with van der Waals surface area (Å²) in [5.41, 5.74) is 2.95. The molecule has 4 rings (SSSR count). The fraction of sp³-hybridized carbons (Fsp3) is 0.300. The maximum absolute atomic E-state index is 12.5. The summed E-state index contributed by atoms with van der Waals surface area (Å²) in [5, 5.41) is 19.6. The van der Waals surface area contributed by atoms with Crippen LogP contribution in [0.3, 0.4) is 0 Å². The number of fused-ring (bicyclic) bond motifs is 1. The van der Waals surface area contributed by atoms with Crippen molar-refractivity contribution in [2.45, 2.75) is 13.0 Å². The summed E-state index contributed by atoms with van der Waals surface area (Å²) < 4.78 is 31.8. The molecular formula is C30H38N10O5S. The van der Waals surface area contributed by atoms with Crippen molar-refractivity contribution in [3.63, 3.8) is 0 Å². The second kappa shape index (κ2) is 13.8. The Morgan fingerprint density at radius 2 is 1.78 bits per heavy atom. The van der Waals surface area contributed by atoms with Gasteiger partial charge in [-0.3, -0.25) is 19.1 Å². The second-order valence-corrected chi connectivity index (χ2v) is 12.8. The van der Waals surface area contributed by atoms with Crippen molar-refractivity contribution < 1.29 is 23.1 Å². The van der Waals surface area contributed by atoms with E-state index in [0.717, 1.165) is 10.6 Å². The highest BCUT2D eigenvalue weighted by atomic mass is 32.2. The van der Waals surface area contributed by atoms with Crippen LogP contribution in [-0.4, -0.2) is 98.4 Å². The molecule has 244 valence electrons. The highest BCUT2D eigenvalue weighted by Gasteiger charge is 2.23. The molecule has 16 heteroatoms. The lowest BCUT2D eigenvalue weighted by Gasteiger charge is -2.29. The van der Waals surface area contributed by atoms with Gasteiger partial charge in [0, 0.05) is 45.1 Å². The molecule has 46 heavy (non-hydrogen) atoms. The molecule has 4 N–H and O–H groups in total. The number of aromatic hydroxyl groups is 1. The number of hydrogen-bond acceptors (Lipinski definition) is 13. The van der Waals surface area contributed by atoms with Gasteiger partial charge in [-0.15, -0.1) is 0 Å². The summed E-state index contributed by atoms with van der Waals surface area (Å²) in [5.74, 6) is -0.200. The number of methoxy groups -OCH3 is 1. The predicted octanol–water partition coefficient (Wildman–Crippen LogP) is 3.53. The molecule has 0 aliphatic carbocycles. The number of carbonyl (C=O) groups is 1. The number of anilines is 7. The number of rotatable bonds is 13. The molecule has 1 unspecified atom stereocenters. The first-order valence-electron chi connectivity index (χ1n) is 14.0. The van der Waals surface area contributed by atoms with Gasteiger partial charge in [-0.05, 0) is 45.3 Å². The molecule has 0 aliphatic rings. The fourth-order valence-electron chi connectivity index (χ4n) is 4.48. The van der Waals surface area contributed by atoms with Crippen molar-refractivity contribution in [1.29, 1.82) is 0 Å². The molecule has 0 saturated carbocycles. The largest absolute Gasteiger partial charge is 0.503 e. The minimum Gasteiger partial charge on any atom is -0.503 e. The third-order valence-corrected chi connectivity index (χ3v) is 8.46. The van der Waals surface area contributed by atoms with Crippen LogP contribution in [0.2, 0.25) is 0 Å². The van der Waals surface area contributed by atoms with Crippen molar-refractivity contribution in [3.8, 4) is 11.5 Å². The van der Waals surface area contributed by atoms with Gasteiger partial charge in [0.25, 0.3) is 0 Å². The number of amides is 1. The number of hydrogen-bond donors (Lipinski definition) is 4. The molecule has 2 aromatic heterocycles. The van der Waals surface area contributed by atoms with Gasteiger partial charge >= 0.3 is 0 Å². The van der Waals surface area contributed by atoms with E-state index < -0.39 is 15.9 Å². The SMILES string of the molecule is C=CC(=O)Nc1cc(Nc2ncc(O)c(Nc3ccc4nccnc4c3N(C)S(C)(=O)=O)n2)c(OC)cc1N(C)CC(C)N(C)C. The highest BCUT2D eigenvalue weighted by Crippen LogP contribution is 2.40. The number of nitrogens with one attached hydrogen (secondary N) is 3. The summed E-state index contributed by atoms with van der Waals surface area (Å²) in [7, 11) is 5.11. The summed E-state index contributed by atoms with van der Waals surface area (Å²) in [6, 6.07) is 6.97. The third kappa shape index (κ3) is 7.52. The zero-order chi connectivity index (χ0) is 33.8. The minimum atomic E-state index is -3.70. The molecule has 0 fully saturated rings. The predicted molar refractivity (Wildman–Crippen MR) is 181 cm³/mol. The summed E-state index contributed by atoms with van der Waals surface area (Å²) >= 11 is 0. The molecule has 0 radical (unpaired) electrons. The fourth-order valence-corrected chi connectivity index (χ4v) is 4.99. The van der Waals surface area contributed by atoms with E-state index in [2.05, 4.69) is 54.3 Å². The monoisotopic (exact) mass is 650 g/mol. The number of carbonyl (C=O) groups excluding carboxylic acids is 1. The Hall–Kier alpha value is -5.22. The van der Waals surface area contributed by atoms with Crippen molar-refractivity contribution in [2.24, 2.45) is 0 Å². The van der Waals surface area contributed by atoms with Crippen LogP contribution in [0, 0.1) is 0 Å². The Morgan fingerprint density at radius 1 is 1.07 bits per heavy atom. The summed E-state index contributed by atoms with van der Waals surface area (Å²) in [6.45, 7) is 6.31. The average molecular weight is 651 g/mol. The van der Waals surface area contributed by atoms with Gasteiger partial charge in [0.15, 0.2) is 11.6 Å². The molecule has 15 nitrogen and oxygen atoms in total. The van der Waals surface area contributed by atoms with E-state index in [9.17, 15) is 18.3 Å². The molecule has 1 amide bonds. The molecule has 0 bridgehead atoms. The number of aromatic nitrogens is 4. The lowest BCUT2D eigenvalue weighted by Crippen LogP contribution is -2.37. The Balaban J connectivity index is 1.74. The quantitative estimate of drug-likeness (QED) is 0.155. The van der Waals surface area contributed by atoms with Gasteiger partial charge in [-0.2, -0.15) is 4.98 Å². The Kier molecular flexibility index (Phi) is 10.1. The van der Waals surface area contributed by atoms with E-state index >= 15 is 0 Å². The Bertz CT molecular complexity index is 1870. The first kappa shape index (κ1) is 33.7. The zero-order valence-electron chi connectivity index (χ0n) is 26.7. The van der Waals surface area contributed by atoms with Gasteiger partial charge in [0.2, 0.25) is 21.9 Å². The van der Waals surface area contributed by atoms with E-state index in [0.29, 0.717) is 46.1 Å². The second-order valence-electron chi connectivity index (χ2n) is 10.7. The van der Waals surface area contributed by atoms with Crippen molar-refractivity contribution in [1.82, 2.24) is 24.8 Å². The summed E-state index contributed by atoms with van der Waals surface area (Å²) in [6.07, 6.45) is 6.40. The molecule has 1 atom stereocenters. The Morgan fingerprint density at radius 3 is 2.43 bits per heavy atom. The van der Waals surface area contributed by atoms with Crippen molar-refractivity contribution >= 4 is 67.2 Å². The van der Waals surface area contributed by atoms with Crippen LogP contribution in [0.4, 0.5) is 40.2 Å². The van der Waals surface area contributed by atoms with Gasteiger partial charge < -0.3 is 35.6 Å². The minimum absolute atomic E-state index is 0.0166. The maximum Gasteiger partial charge on any atom is 0.247 e. The van der Waals surface area contributed by atoms with Gasteiger partial charge in [-0.1, -0.05) is 6.58 Å². The molecule has 0 saturated heterocycles. The molecule has 4 aromatic rings. The highest BCUT2D eigenvalue weighted by molar-refractivity contribution is 7.92. The van der Waals surface area contributed by atoms with Crippen molar-refractivity contribution in [3.05, 3.63) is 55.5 Å². The number of ether oxygens (including phenoxy) is 1. The van der Waals surface area contributed by atoms with Gasteiger partial charge in [0.1, 0.15) is 17.0 Å². The van der Waals surface area contributed by atoms with E-state index in [1.807, 2.05) is 26.0 Å². The van der Waals surface area contributed by atoms with Crippen molar-refractivity contribution in [2.75, 3.05) is 73.3 Å². The molecule has 2 aromatic carbocycles. The van der Waals surface area contributed by atoms with Gasteiger partial charge in [0.05, 0.1) is 47.8 Å². The zero-order valence-corrected chi connectivity index (χ0v) is 27.5. The lowest BCUT2D eigenvalue weighted by atomic mass is 10.1. The van der Waals surface area contributed by atoms with E-state index in [1.165, 1.54) is 38.8 Å². The smallest absolute Gasteiger partial charge is 0.247 e. The van der Waals surface area contributed by atoms with Crippen LogP contribution in [0.1, 0.15) is 6.92 Å². The van der Waals surface area contributed by atoms with Crippen LogP contribution in [0.5, 0.6) is 11.5 Å². The van der Waals surface area contributed by atoms with E-state index in [-0.39, 0.29) is 29.2 Å². The normalized spacial score (nSPS) is 12.0. The first-order valence-corrected chi connectivity index (χ1v) is 15.9. The number of sulfonamides is 1.